The Morgan fingerprint density at radius 2 is 2.00 bits per heavy atom. The largest absolute Gasteiger partial charge is 0.465 e. The van der Waals surface area contributed by atoms with E-state index in [4.69, 9.17) is 0 Å². The smallest absolute Gasteiger partial charge is 0.340 e. The van der Waals surface area contributed by atoms with Crippen LogP contribution in [-0.2, 0) is 4.74 Å². The second kappa shape index (κ2) is 6.07. The molecule has 0 aromatic heterocycles. The van der Waals surface area contributed by atoms with Crippen molar-refractivity contribution in [1.29, 1.82) is 0 Å². The van der Waals surface area contributed by atoms with Crippen LogP contribution in [-0.4, -0.2) is 31.6 Å². The van der Waals surface area contributed by atoms with Crippen LogP contribution in [0.4, 0.5) is 15.8 Å². The molecule has 0 saturated carbocycles. The van der Waals surface area contributed by atoms with E-state index in [1.807, 2.05) is 20.8 Å². The van der Waals surface area contributed by atoms with E-state index >= 15 is 0 Å². The van der Waals surface area contributed by atoms with Crippen molar-refractivity contribution in [3.05, 3.63) is 33.6 Å². The molecule has 0 aliphatic rings. The third-order valence-electron chi connectivity index (χ3n) is 2.79. The Hall–Kier alpha value is -2.18. The first-order chi connectivity index (χ1) is 9.56. The average molecular weight is 298 g/mol. The molecule has 1 aromatic carbocycles. The molecule has 1 aromatic rings. The van der Waals surface area contributed by atoms with Gasteiger partial charge in [-0.2, -0.15) is 0 Å². The first-order valence-electron chi connectivity index (χ1n) is 6.34. The number of hydrogen-bond donors (Lipinski definition) is 0. The van der Waals surface area contributed by atoms with Gasteiger partial charge in [0.15, 0.2) is 0 Å². The molecule has 0 amide bonds. The lowest BCUT2D eigenvalue weighted by Gasteiger charge is -2.28. The summed E-state index contributed by atoms with van der Waals surface area (Å²) in [5, 5.41) is 11.1. The van der Waals surface area contributed by atoms with Crippen molar-refractivity contribution in [1.82, 2.24) is 0 Å². The molecule has 0 unspecified atom stereocenters. The minimum absolute atomic E-state index is 0.123. The fourth-order valence-electron chi connectivity index (χ4n) is 2.07. The van der Waals surface area contributed by atoms with E-state index in [-0.39, 0.29) is 22.4 Å². The standard InChI is InChI=1S/C14H19FN2O4/c1-14(2,3)8-16(4)11-6-9(13(18)21-5)10(15)7-12(11)17(19)20/h6-7H,8H2,1-5H3. The first kappa shape index (κ1) is 16.9. The predicted octanol–water partition coefficient (Wildman–Crippen LogP) is 3.00. The van der Waals surface area contributed by atoms with Crippen LogP contribution in [0.3, 0.4) is 0 Å². The third kappa shape index (κ3) is 4.14. The van der Waals surface area contributed by atoms with Crippen molar-refractivity contribution in [3.8, 4) is 0 Å². The fourth-order valence-corrected chi connectivity index (χ4v) is 2.07. The van der Waals surface area contributed by atoms with E-state index < -0.39 is 16.7 Å². The fraction of sp³-hybridized carbons (Fsp3) is 0.500. The number of nitro groups is 1. The highest BCUT2D eigenvalue weighted by Crippen LogP contribution is 2.32. The Kier molecular flexibility index (Phi) is 4.88. The maximum absolute atomic E-state index is 13.8. The highest BCUT2D eigenvalue weighted by atomic mass is 19.1. The van der Waals surface area contributed by atoms with Crippen molar-refractivity contribution in [2.45, 2.75) is 20.8 Å². The number of rotatable bonds is 4. The molecule has 0 saturated heterocycles. The van der Waals surface area contributed by atoms with Gasteiger partial charge in [0.05, 0.1) is 23.7 Å². The van der Waals surface area contributed by atoms with E-state index in [9.17, 15) is 19.3 Å². The monoisotopic (exact) mass is 298 g/mol. The molecular weight excluding hydrogens is 279 g/mol. The third-order valence-corrected chi connectivity index (χ3v) is 2.79. The highest BCUT2D eigenvalue weighted by molar-refractivity contribution is 5.92. The number of halogens is 1. The summed E-state index contributed by atoms with van der Waals surface area (Å²) < 4.78 is 18.3. The zero-order valence-electron chi connectivity index (χ0n) is 12.8. The summed E-state index contributed by atoms with van der Waals surface area (Å²) in [5.74, 6) is -1.84. The van der Waals surface area contributed by atoms with Gasteiger partial charge in [-0.05, 0) is 11.5 Å². The molecule has 0 bridgehead atoms. The van der Waals surface area contributed by atoms with Gasteiger partial charge in [-0.3, -0.25) is 10.1 Å². The second-order valence-electron chi connectivity index (χ2n) is 5.99. The Bertz CT molecular complexity index is 567. The number of methoxy groups -OCH3 is 1. The van der Waals surface area contributed by atoms with Crippen LogP contribution in [0.1, 0.15) is 31.1 Å². The summed E-state index contributed by atoms with van der Waals surface area (Å²) in [6, 6.07) is 1.91. The Labute approximate surface area is 122 Å². The van der Waals surface area contributed by atoms with Crippen LogP contribution in [0.15, 0.2) is 12.1 Å². The number of nitrogens with zero attached hydrogens (tertiary/aromatic N) is 2. The molecule has 0 atom stereocenters. The molecule has 0 fully saturated rings. The van der Waals surface area contributed by atoms with Crippen LogP contribution in [0.25, 0.3) is 0 Å². The van der Waals surface area contributed by atoms with Crippen molar-refractivity contribution < 1.29 is 18.8 Å². The SMILES string of the molecule is COC(=O)c1cc(N(C)CC(C)(C)C)c([N+](=O)[O-])cc1F. The lowest BCUT2D eigenvalue weighted by atomic mass is 9.96. The minimum atomic E-state index is -0.971. The quantitative estimate of drug-likeness (QED) is 0.485. The number of carbonyl (C=O) groups is 1. The Balaban J connectivity index is 3.39. The second-order valence-corrected chi connectivity index (χ2v) is 5.99. The van der Waals surface area contributed by atoms with Crippen LogP contribution in [0.2, 0.25) is 0 Å². The zero-order chi connectivity index (χ0) is 16.4. The maximum atomic E-state index is 13.8. The van der Waals surface area contributed by atoms with Gasteiger partial charge in [0.1, 0.15) is 11.5 Å². The van der Waals surface area contributed by atoms with Crippen LogP contribution in [0, 0.1) is 21.3 Å². The van der Waals surface area contributed by atoms with E-state index in [0.717, 1.165) is 19.2 Å². The molecular formula is C14H19FN2O4. The van der Waals surface area contributed by atoms with Gasteiger partial charge in [-0.1, -0.05) is 20.8 Å². The number of hydrogen-bond acceptors (Lipinski definition) is 5. The van der Waals surface area contributed by atoms with E-state index in [0.29, 0.717) is 6.54 Å². The van der Waals surface area contributed by atoms with E-state index in [2.05, 4.69) is 4.74 Å². The van der Waals surface area contributed by atoms with Crippen LogP contribution < -0.4 is 4.90 Å². The van der Waals surface area contributed by atoms with Crippen molar-refractivity contribution in [2.75, 3.05) is 25.6 Å². The van der Waals surface area contributed by atoms with Gasteiger partial charge in [0.25, 0.3) is 5.69 Å². The average Bonchev–Trinajstić information content (AvgIpc) is 2.35. The molecule has 0 aliphatic heterocycles. The molecule has 0 radical (unpaired) electrons. The molecule has 1 rings (SSSR count). The topological polar surface area (TPSA) is 72.7 Å². The van der Waals surface area contributed by atoms with Gasteiger partial charge in [0.2, 0.25) is 0 Å². The molecule has 7 heteroatoms. The number of ether oxygens (including phenoxy) is 1. The molecule has 116 valence electrons. The van der Waals surface area contributed by atoms with E-state index in [1.54, 1.807) is 11.9 Å². The van der Waals surface area contributed by atoms with Gasteiger partial charge in [0, 0.05) is 13.6 Å². The van der Waals surface area contributed by atoms with Crippen molar-refractivity contribution in [2.24, 2.45) is 5.41 Å². The Morgan fingerprint density at radius 1 is 1.43 bits per heavy atom. The number of nitro benzene ring substituents is 1. The van der Waals surface area contributed by atoms with E-state index in [1.165, 1.54) is 0 Å². The normalized spacial score (nSPS) is 11.1. The summed E-state index contributed by atoms with van der Waals surface area (Å²) in [6.45, 7) is 6.42. The van der Waals surface area contributed by atoms with Gasteiger partial charge in [-0.25, -0.2) is 9.18 Å². The summed E-state index contributed by atoms with van der Waals surface area (Å²) in [5.41, 5.74) is -0.648. The lowest BCUT2D eigenvalue weighted by molar-refractivity contribution is -0.384. The molecule has 0 aliphatic carbocycles. The molecule has 6 nitrogen and oxygen atoms in total. The summed E-state index contributed by atoms with van der Waals surface area (Å²) in [7, 11) is 2.79. The number of benzene rings is 1. The van der Waals surface area contributed by atoms with Crippen molar-refractivity contribution >= 4 is 17.3 Å². The van der Waals surface area contributed by atoms with Gasteiger partial charge >= 0.3 is 5.97 Å². The number of anilines is 1. The highest BCUT2D eigenvalue weighted by Gasteiger charge is 2.26. The predicted molar refractivity (Wildman–Crippen MR) is 77.1 cm³/mol. The van der Waals surface area contributed by atoms with Crippen molar-refractivity contribution in [3.63, 3.8) is 0 Å². The summed E-state index contributed by atoms with van der Waals surface area (Å²) in [6.07, 6.45) is 0. The van der Waals surface area contributed by atoms with Crippen LogP contribution >= 0.6 is 0 Å². The molecule has 0 heterocycles. The minimum Gasteiger partial charge on any atom is -0.465 e. The summed E-state index contributed by atoms with van der Waals surface area (Å²) >= 11 is 0. The van der Waals surface area contributed by atoms with Gasteiger partial charge < -0.3 is 9.64 Å². The Morgan fingerprint density at radius 3 is 2.43 bits per heavy atom. The molecule has 21 heavy (non-hydrogen) atoms. The number of esters is 1. The maximum Gasteiger partial charge on any atom is 0.340 e. The lowest BCUT2D eigenvalue weighted by Crippen LogP contribution is -2.30. The van der Waals surface area contributed by atoms with Crippen LogP contribution in [0.5, 0.6) is 0 Å². The van der Waals surface area contributed by atoms with Gasteiger partial charge in [-0.15, -0.1) is 0 Å². The molecule has 0 N–H and O–H groups in total. The first-order valence-corrected chi connectivity index (χ1v) is 6.34. The number of carbonyl (C=O) groups excluding carboxylic acids is 1. The molecule has 0 spiro atoms. The summed E-state index contributed by atoms with van der Waals surface area (Å²) in [4.78, 5) is 23.6. The zero-order valence-corrected chi connectivity index (χ0v) is 12.8.